The first kappa shape index (κ1) is 16.2. The van der Waals surface area contributed by atoms with E-state index in [-0.39, 0.29) is 23.7 Å². The standard InChI is InChI=1S/C19H19FN2O2/c1-13(14-4-8-16(20)9-5-14)21-19(24)15-6-10-17(11-7-15)22-12-2-3-18(22)23/h4-11,13H,2-3,12H2,1H3,(H,21,24)/t13-/m1/s1. The Morgan fingerprint density at radius 1 is 1.12 bits per heavy atom. The molecule has 1 fully saturated rings. The van der Waals surface area contributed by atoms with Crippen LogP contribution in [0.2, 0.25) is 0 Å². The van der Waals surface area contributed by atoms with Crippen molar-refractivity contribution in [1.29, 1.82) is 0 Å². The first-order chi connectivity index (χ1) is 11.5. The average Bonchev–Trinajstić information content (AvgIpc) is 3.01. The number of halogens is 1. The van der Waals surface area contributed by atoms with Crippen LogP contribution in [0.15, 0.2) is 48.5 Å². The van der Waals surface area contributed by atoms with Crippen molar-refractivity contribution in [2.24, 2.45) is 0 Å². The molecule has 24 heavy (non-hydrogen) atoms. The van der Waals surface area contributed by atoms with Gasteiger partial charge in [0.15, 0.2) is 0 Å². The van der Waals surface area contributed by atoms with Crippen LogP contribution in [0.25, 0.3) is 0 Å². The van der Waals surface area contributed by atoms with Crippen molar-refractivity contribution >= 4 is 17.5 Å². The molecule has 0 saturated carbocycles. The van der Waals surface area contributed by atoms with Crippen molar-refractivity contribution < 1.29 is 14.0 Å². The predicted octanol–water partition coefficient (Wildman–Crippen LogP) is 3.44. The number of nitrogens with zero attached hydrogens (tertiary/aromatic N) is 1. The third kappa shape index (κ3) is 3.45. The van der Waals surface area contributed by atoms with E-state index in [0.717, 1.165) is 24.2 Å². The van der Waals surface area contributed by atoms with Crippen LogP contribution >= 0.6 is 0 Å². The van der Waals surface area contributed by atoms with Gasteiger partial charge in [0, 0.05) is 24.2 Å². The molecule has 3 rings (SSSR count). The molecule has 4 nitrogen and oxygen atoms in total. The monoisotopic (exact) mass is 326 g/mol. The SMILES string of the molecule is C[C@@H](NC(=O)c1ccc(N2CCCC2=O)cc1)c1ccc(F)cc1. The Kier molecular flexibility index (Phi) is 4.60. The van der Waals surface area contributed by atoms with Crippen LogP contribution in [0.4, 0.5) is 10.1 Å². The fourth-order valence-corrected chi connectivity index (χ4v) is 2.83. The molecule has 0 bridgehead atoms. The van der Waals surface area contributed by atoms with E-state index in [1.54, 1.807) is 41.3 Å². The summed E-state index contributed by atoms with van der Waals surface area (Å²) >= 11 is 0. The van der Waals surface area contributed by atoms with Crippen LogP contribution in [0.5, 0.6) is 0 Å². The fraction of sp³-hybridized carbons (Fsp3) is 0.263. The number of hydrogen-bond donors (Lipinski definition) is 1. The fourth-order valence-electron chi connectivity index (χ4n) is 2.83. The molecule has 1 atom stereocenters. The summed E-state index contributed by atoms with van der Waals surface area (Å²) in [4.78, 5) is 25.8. The van der Waals surface area contributed by atoms with Crippen molar-refractivity contribution in [1.82, 2.24) is 5.32 Å². The molecule has 124 valence electrons. The van der Waals surface area contributed by atoms with E-state index < -0.39 is 0 Å². The molecule has 1 aliphatic heterocycles. The second-order valence-corrected chi connectivity index (χ2v) is 5.94. The maximum Gasteiger partial charge on any atom is 0.251 e. The Bertz CT molecular complexity index is 741. The normalized spacial score (nSPS) is 15.4. The Hall–Kier alpha value is -2.69. The highest BCUT2D eigenvalue weighted by Gasteiger charge is 2.21. The summed E-state index contributed by atoms with van der Waals surface area (Å²) in [6.45, 7) is 2.58. The van der Waals surface area contributed by atoms with Gasteiger partial charge < -0.3 is 10.2 Å². The van der Waals surface area contributed by atoms with Gasteiger partial charge in [0.1, 0.15) is 5.82 Å². The zero-order chi connectivity index (χ0) is 17.1. The van der Waals surface area contributed by atoms with Crippen LogP contribution in [-0.4, -0.2) is 18.4 Å². The Labute approximate surface area is 140 Å². The molecule has 0 unspecified atom stereocenters. The lowest BCUT2D eigenvalue weighted by Crippen LogP contribution is -2.27. The molecule has 5 heteroatoms. The van der Waals surface area contributed by atoms with Crippen molar-refractivity contribution in [3.63, 3.8) is 0 Å². The van der Waals surface area contributed by atoms with Crippen LogP contribution in [0.3, 0.4) is 0 Å². The summed E-state index contributed by atoms with van der Waals surface area (Å²) < 4.78 is 13.0. The van der Waals surface area contributed by atoms with Crippen LogP contribution in [0, 0.1) is 5.82 Å². The Morgan fingerprint density at radius 3 is 2.38 bits per heavy atom. The maximum atomic E-state index is 13.0. The molecule has 1 heterocycles. The number of carbonyl (C=O) groups excluding carboxylic acids is 2. The third-order valence-electron chi connectivity index (χ3n) is 4.23. The lowest BCUT2D eigenvalue weighted by atomic mass is 10.1. The highest BCUT2D eigenvalue weighted by atomic mass is 19.1. The molecule has 2 aromatic rings. The number of nitrogens with one attached hydrogen (secondary N) is 1. The second-order valence-electron chi connectivity index (χ2n) is 5.94. The molecule has 0 radical (unpaired) electrons. The van der Waals surface area contributed by atoms with Gasteiger partial charge in [-0.2, -0.15) is 0 Å². The maximum absolute atomic E-state index is 13.0. The number of benzene rings is 2. The minimum Gasteiger partial charge on any atom is -0.346 e. The summed E-state index contributed by atoms with van der Waals surface area (Å²) in [5.41, 5.74) is 2.18. The van der Waals surface area contributed by atoms with Gasteiger partial charge in [0.25, 0.3) is 5.91 Å². The van der Waals surface area contributed by atoms with Gasteiger partial charge >= 0.3 is 0 Å². The molecule has 1 aliphatic rings. The van der Waals surface area contributed by atoms with Crippen LogP contribution in [-0.2, 0) is 4.79 Å². The lowest BCUT2D eigenvalue weighted by Gasteiger charge is -2.17. The van der Waals surface area contributed by atoms with Gasteiger partial charge in [-0.05, 0) is 55.3 Å². The highest BCUT2D eigenvalue weighted by Crippen LogP contribution is 2.22. The van der Waals surface area contributed by atoms with Crippen molar-refractivity contribution in [3.8, 4) is 0 Å². The third-order valence-corrected chi connectivity index (χ3v) is 4.23. The molecule has 2 aromatic carbocycles. The van der Waals surface area contributed by atoms with Crippen molar-refractivity contribution in [2.75, 3.05) is 11.4 Å². The van der Waals surface area contributed by atoms with E-state index in [9.17, 15) is 14.0 Å². The topological polar surface area (TPSA) is 49.4 Å². The minimum atomic E-state index is -0.302. The molecule has 0 aliphatic carbocycles. The molecule has 0 spiro atoms. The van der Waals surface area contributed by atoms with Gasteiger partial charge in [-0.3, -0.25) is 9.59 Å². The van der Waals surface area contributed by atoms with Gasteiger partial charge in [-0.1, -0.05) is 12.1 Å². The molecular weight excluding hydrogens is 307 g/mol. The van der Waals surface area contributed by atoms with Crippen LogP contribution < -0.4 is 10.2 Å². The number of rotatable bonds is 4. The van der Waals surface area contributed by atoms with E-state index in [2.05, 4.69) is 5.32 Å². The molecule has 2 amide bonds. The van der Waals surface area contributed by atoms with E-state index in [1.807, 2.05) is 6.92 Å². The zero-order valence-corrected chi connectivity index (χ0v) is 13.5. The number of anilines is 1. The summed E-state index contributed by atoms with van der Waals surface area (Å²) in [7, 11) is 0. The smallest absolute Gasteiger partial charge is 0.251 e. The quantitative estimate of drug-likeness (QED) is 0.935. The first-order valence-corrected chi connectivity index (χ1v) is 8.01. The van der Waals surface area contributed by atoms with E-state index in [0.29, 0.717) is 12.0 Å². The average molecular weight is 326 g/mol. The lowest BCUT2D eigenvalue weighted by molar-refractivity contribution is -0.117. The Balaban J connectivity index is 1.66. The second kappa shape index (κ2) is 6.83. The minimum absolute atomic E-state index is 0.122. The molecule has 0 aromatic heterocycles. The zero-order valence-electron chi connectivity index (χ0n) is 13.5. The van der Waals surface area contributed by atoms with Gasteiger partial charge in [-0.15, -0.1) is 0 Å². The predicted molar refractivity (Wildman–Crippen MR) is 90.3 cm³/mol. The molecular formula is C19H19FN2O2. The largest absolute Gasteiger partial charge is 0.346 e. The summed E-state index contributed by atoms with van der Waals surface area (Å²) in [5.74, 6) is -0.382. The Morgan fingerprint density at radius 2 is 1.79 bits per heavy atom. The van der Waals surface area contributed by atoms with Gasteiger partial charge in [0.05, 0.1) is 6.04 Å². The van der Waals surface area contributed by atoms with Crippen LogP contribution in [0.1, 0.15) is 41.7 Å². The summed E-state index contributed by atoms with van der Waals surface area (Å²) in [5, 5.41) is 2.89. The number of carbonyl (C=O) groups is 2. The molecule has 1 N–H and O–H groups in total. The van der Waals surface area contributed by atoms with E-state index in [1.165, 1.54) is 12.1 Å². The van der Waals surface area contributed by atoms with Crippen molar-refractivity contribution in [2.45, 2.75) is 25.8 Å². The van der Waals surface area contributed by atoms with Crippen molar-refractivity contribution in [3.05, 3.63) is 65.5 Å². The first-order valence-electron chi connectivity index (χ1n) is 8.01. The number of hydrogen-bond acceptors (Lipinski definition) is 2. The van der Waals surface area contributed by atoms with Gasteiger partial charge in [0.2, 0.25) is 5.91 Å². The summed E-state index contributed by atoms with van der Waals surface area (Å²) in [6, 6.07) is 12.9. The molecule has 1 saturated heterocycles. The number of amides is 2. The van der Waals surface area contributed by atoms with E-state index in [4.69, 9.17) is 0 Å². The van der Waals surface area contributed by atoms with Gasteiger partial charge in [-0.25, -0.2) is 4.39 Å². The summed E-state index contributed by atoms with van der Waals surface area (Å²) in [6.07, 6.45) is 1.45. The van der Waals surface area contributed by atoms with E-state index >= 15 is 0 Å². The highest BCUT2D eigenvalue weighted by molar-refractivity contribution is 5.97.